The Bertz CT molecular complexity index is 410. The molecule has 1 aromatic rings. The second kappa shape index (κ2) is 5.91. The summed E-state index contributed by atoms with van der Waals surface area (Å²) in [7, 11) is 0. The first-order valence-corrected chi connectivity index (χ1v) is 7.78. The van der Waals surface area contributed by atoms with Gasteiger partial charge in [0.15, 0.2) is 0 Å². The minimum absolute atomic E-state index is 0.842. The summed E-state index contributed by atoms with van der Waals surface area (Å²) in [6.45, 7) is 5.55. The van der Waals surface area contributed by atoms with Gasteiger partial charge in [0.25, 0.3) is 0 Å². The van der Waals surface area contributed by atoms with Crippen molar-refractivity contribution >= 4 is 5.69 Å². The summed E-state index contributed by atoms with van der Waals surface area (Å²) >= 11 is 0. The number of anilines is 1. The highest BCUT2D eigenvalue weighted by atomic mass is 15.2. The van der Waals surface area contributed by atoms with Crippen LogP contribution >= 0.6 is 0 Å². The molecule has 2 saturated carbocycles. The highest BCUT2D eigenvalue weighted by Crippen LogP contribution is 2.35. The van der Waals surface area contributed by atoms with Gasteiger partial charge in [0.2, 0.25) is 0 Å². The van der Waals surface area contributed by atoms with E-state index in [0.717, 1.165) is 31.5 Å². The van der Waals surface area contributed by atoms with Crippen LogP contribution in [0.2, 0.25) is 0 Å². The Balaban J connectivity index is 1.59. The number of nitrogens with zero attached hydrogens (tertiary/aromatic N) is 2. The van der Waals surface area contributed by atoms with Crippen molar-refractivity contribution in [2.24, 2.45) is 5.92 Å². The molecular weight excluding hydrogens is 234 g/mol. The molecule has 0 saturated heterocycles. The normalized spacial score (nSPS) is 18.8. The summed E-state index contributed by atoms with van der Waals surface area (Å²) in [4.78, 5) is 7.20. The lowest BCUT2D eigenvalue weighted by atomic mass is 10.2. The zero-order valence-corrected chi connectivity index (χ0v) is 11.9. The molecule has 3 rings (SSSR count). The minimum Gasteiger partial charge on any atom is -0.385 e. The van der Waals surface area contributed by atoms with E-state index in [4.69, 9.17) is 0 Å². The number of aromatic nitrogens is 1. The molecular formula is C16H25N3. The molecule has 0 aliphatic heterocycles. The average Bonchev–Trinajstić information content (AvgIpc) is 3.28. The van der Waals surface area contributed by atoms with Crippen molar-refractivity contribution < 1.29 is 0 Å². The summed E-state index contributed by atoms with van der Waals surface area (Å²) in [6.07, 6.45) is 8.76. The topological polar surface area (TPSA) is 28.2 Å². The van der Waals surface area contributed by atoms with Crippen LogP contribution in [0.25, 0.3) is 0 Å². The fourth-order valence-electron chi connectivity index (χ4n) is 2.57. The Labute approximate surface area is 116 Å². The third kappa shape index (κ3) is 3.93. The molecule has 1 heterocycles. The molecule has 0 aromatic carbocycles. The van der Waals surface area contributed by atoms with Crippen molar-refractivity contribution in [3.63, 3.8) is 0 Å². The molecule has 3 nitrogen and oxygen atoms in total. The molecule has 0 amide bonds. The SMILES string of the molecule is CCCNc1ccnc(CN(CC2CC2)C2CC2)c1. The van der Waals surface area contributed by atoms with Gasteiger partial charge in [-0.05, 0) is 50.2 Å². The van der Waals surface area contributed by atoms with Crippen molar-refractivity contribution in [2.75, 3.05) is 18.4 Å². The standard InChI is InChI=1S/C16H25N3/c1-2-8-17-14-7-9-18-15(10-14)12-19(16-5-6-16)11-13-3-4-13/h7,9-10,13,16H,2-6,8,11-12H2,1H3,(H,17,18). The average molecular weight is 259 g/mol. The third-order valence-corrected chi connectivity index (χ3v) is 4.01. The predicted molar refractivity (Wildman–Crippen MR) is 79.2 cm³/mol. The molecule has 0 atom stereocenters. The van der Waals surface area contributed by atoms with Crippen LogP contribution in [0.5, 0.6) is 0 Å². The zero-order chi connectivity index (χ0) is 13.1. The first kappa shape index (κ1) is 12.9. The van der Waals surface area contributed by atoms with Crippen LogP contribution < -0.4 is 5.32 Å². The van der Waals surface area contributed by atoms with E-state index in [1.165, 1.54) is 43.6 Å². The van der Waals surface area contributed by atoms with Crippen molar-refractivity contribution in [3.05, 3.63) is 24.0 Å². The van der Waals surface area contributed by atoms with E-state index in [1.54, 1.807) is 0 Å². The van der Waals surface area contributed by atoms with Gasteiger partial charge in [-0.25, -0.2) is 0 Å². The molecule has 2 aliphatic rings. The summed E-state index contributed by atoms with van der Waals surface area (Å²) in [5, 5.41) is 3.45. The summed E-state index contributed by atoms with van der Waals surface area (Å²) in [6, 6.07) is 5.13. The number of hydrogen-bond acceptors (Lipinski definition) is 3. The first-order chi connectivity index (χ1) is 9.35. The molecule has 104 valence electrons. The van der Waals surface area contributed by atoms with E-state index in [0.29, 0.717) is 0 Å². The molecule has 1 N–H and O–H groups in total. The van der Waals surface area contributed by atoms with Gasteiger partial charge in [-0.2, -0.15) is 0 Å². The lowest BCUT2D eigenvalue weighted by molar-refractivity contribution is 0.241. The van der Waals surface area contributed by atoms with Crippen LogP contribution in [-0.2, 0) is 6.54 Å². The van der Waals surface area contributed by atoms with Gasteiger partial charge in [0.05, 0.1) is 5.69 Å². The van der Waals surface area contributed by atoms with Gasteiger partial charge in [-0.3, -0.25) is 9.88 Å². The molecule has 19 heavy (non-hydrogen) atoms. The van der Waals surface area contributed by atoms with Crippen LogP contribution in [0.15, 0.2) is 18.3 Å². The van der Waals surface area contributed by atoms with Crippen LogP contribution in [-0.4, -0.2) is 29.0 Å². The lowest BCUT2D eigenvalue weighted by Gasteiger charge is -2.21. The number of hydrogen-bond donors (Lipinski definition) is 1. The Morgan fingerprint density at radius 2 is 2.16 bits per heavy atom. The Kier molecular flexibility index (Phi) is 4.02. The maximum Gasteiger partial charge on any atom is 0.0564 e. The zero-order valence-electron chi connectivity index (χ0n) is 11.9. The second-order valence-corrected chi connectivity index (χ2v) is 6.07. The molecule has 0 radical (unpaired) electrons. The van der Waals surface area contributed by atoms with Crippen molar-refractivity contribution in [2.45, 2.75) is 51.6 Å². The molecule has 0 bridgehead atoms. The highest BCUT2D eigenvalue weighted by Gasteiger charge is 2.33. The van der Waals surface area contributed by atoms with Gasteiger partial charge >= 0.3 is 0 Å². The quantitative estimate of drug-likeness (QED) is 0.776. The minimum atomic E-state index is 0.842. The van der Waals surface area contributed by atoms with Gasteiger partial charge in [-0.1, -0.05) is 6.92 Å². The molecule has 2 aliphatic carbocycles. The van der Waals surface area contributed by atoms with E-state index >= 15 is 0 Å². The maximum absolute atomic E-state index is 4.54. The van der Waals surface area contributed by atoms with E-state index < -0.39 is 0 Å². The second-order valence-electron chi connectivity index (χ2n) is 6.07. The Hall–Kier alpha value is -1.09. The van der Waals surface area contributed by atoms with Gasteiger partial charge in [-0.15, -0.1) is 0 Å². The first-order valence-electron chi connectivity index (χ1n) is 7.78. The fraction of sp³-hybridized carbons (Fsp3) is 0.688. The van der Waals surface area contributed by atoms with Crippen LogP contribution in [0.4, 0.5) is 5.69 Å². The molecule has 0 unspecified atom stereocenters. The maximum atomic E-state index is 4.54. The summed E-state index contributed by atoms with van der Waals surface area (Å²) < 4.78 is 0. The number of rotatable bonds is 8. The summed E-state index contributed by atoms with van der Waals surface area (Å²) in [5.41, 5.74) is 2.43. The van der Waals surface area contributed by atoms with Crippen molar-refractivity contribution in [1.82, 2.24) is 9.88 Å². The summed E-state index contributed by atoms with van der Waals surface area (Å²) in [5.74, 6) is 0.974. The van der Waals surface area contributed by atoms with E-state index in [9.17, 15) is 0 Å². The van der Waals surface area contributed by atoms with Gasteiger partial charge in [0.1, 0.15) is 0 Å². The fourth-order valence-corrected chi connectivity index (χ4v) is 2.57. The monoisotopic (exact) mass is 259 g/mol. The van der Waals surface area contributed by atoms with Crippen LogP contribution in [0.3, 0.4) is 0 Å². The van der Waals surface area contributed by atoms with E-state index in [-0.39, 0.29) is 0 Å². The molecule has 1 aromatic heterocycles. The number of nitrogens with one attached hydrogen (secondary N) is 1. The number of pyridine rings is 1. The Morgan fingerprint density at radius 1 is 1.32 bits per heavy atom. The highest BCUT2D eigenvalue weighted by molar-refractivity contribution is 5.43. The van der Waals surface area contributed by atoms with E-state index in [1.807, 2.05) is 6.20 Å². The van der Waals surface area contributed by atoms with Crippen LogP contribution in [0, 0.1) is 5.92 Å². The molecule has 2 fully saturated rings. The van der Waals surface area contributed by atoms with Crippen LogP contribution in [0.1, 0.15) is 44.7 Å². The molecule has 3 heteroatoms. The largest absolute Gasteiger partial charge is 0.385 e. The lowest BCUT2D eigenvalue weighted by Crippen LogP contribution is -2.28. The van der Waals surface area contributed by atoms with Gasteiger partial charge in [0, 0.05) is 37.6 Å². The third-order valence-electron chi connectivity index (χ3n) is 4.01. The smallest absolute Gasteiger partial charge is 0.0564 e. The van der Waals surface area contributed by atoms with E-state index in [2.05, 4.69) is 34.3 Å². The molecule has 0 spiro atoms. The predicted octanol–water partition coefficient (Wildman–Crippen LogP) is 3.28. The Morgan fingerprint density at radius 3 is 2.84 bits per heavy atom. The van der Waals surface area contributed by atoms with Crippen molar-refractivity contribution in [3.8, 4) is 0 Å². The van der Waals surface area contributed by atoms with Gasteiger partial charge < -0.3 is 5.32 Å². The van der Waals surface area contributed by atoms with Crippen molar-refractivity contribution in [1.29, 1.82) is 0 Å².